The maximum Gasteiger partial charge on any atom is 0.252 e. The van der Waals surface area contributed by atoms with Crippen LogP contribution in [0.5, 0.6) is 11.5 Å². The number of carbonyl (C=O) groups excluding carboxylic acids is 2. The van der Waals surface area contributed by atoms with Gasteiger partial charge in [-0.15, -0.1) is 6.42 Å². The molecule has 0 radical (unpaired) electrons. The number of halogens is 1. The van der Waals surface area contributed by atoms with Crippen molar-refractivity contribution in [2.75, 3.05) is 19.0 Å². The number of hydrazone groups is 1. The van der Waals surface area contributed by atoms with E-state index in [2.05, 4.69) is 21.8 Å². The minimum atomic E-state index is -1.10. The molecule has 8 heteroatoms. The van der Waals surface area contributed by atoms with Gasteiger partial charge in [0.15, 0.2) is 11.5 Å². The standard InChI is InChI=1S/C21H20FN3O4/c1-4-12-29-19-15(8-7-11-18(19)28-3)13-23-25-21(27)14(2)20(26)24-17-10-6-5-9-16(17)22/h1,5-11,13-14H,12H2,2-3H3,(H,24,26)(H,25,27). The number of amides is 2. The summed E-state index contributed by atoms with van der Waals surface area (Å²) in [6.07, 6.45) is 6.56. The van der Waals surface area contributed by atoms with Crippen LogP contribution in [0.15, 0.2) is 47.6 Å². The summed E-state index contributed by atoms with van der Waals surface area (Å²) in [5, 5.41) is 6.21. The number of nitrogens with one attached hydrogen (secondary N) is 2. The van der Waals surface area contributed by atoms with Gasteiger partial charge in [0, 0.05) is 5.56 Å². The molecule has 2 rings (SSSR count). The van der Waals surface area contributed by atoms with Crippen LogP contribution in [0.1, 0.15) is 12.5 Å². The maximum atomic E-state index is 13.6. The van der Waals surface area contributed by atoms with Gasteiger partial charge in [0.05, 0.1) is 19.0 Å². The van der Waals surface area contributed by atoms with Crippen molar-refractivity contribution >= 4 is 23.7 Å². The second-order valence-corrected chi connectivity index (χ2v) is 5.80. The fourth-order valence-corrected chi connectivity index (χ4v) is 2.25. The van der Waals surface area contributed by atoms with E-state index in [4.69, 9.17) is 15.9 Å². The van der Waals surface area contributed by atoms with Gasteiger partial charge < -0.3 is 14.8 Å². The predicted octanol–water partition coefficient (Wildman–Crippen LogP) is 2.57. The van der Waals surface area contributed by atoms with Crippen molar-refractivity contribution in [1.82, 2.24) is 5.43 Å². The van der Waals surface area contributed by atoms with E-state index in [1.54, 1.807) is 24.3 Å². The van der Waals surface area contributed by atoms with E-state index in [-0.39, 0.29) is 12.3 Å². The van der Waals surface area contributed by atoms with Crippen molar-refractivity contribution in [2.24, 2.45) is 11.0 Å². The molecule has 2 aromatic carbocycles. The van der Waals surface area contributed by atoms with Crippen molar-refractivity contribution in [3.05, 3.63) is 53.8 Å². The van der Waals surface area contributed by atoms with Crippen LogP contribution in [-0.4, -0.2) is 31.7 Å². The third-order valence-electron chi connectivity index (χ3n) is 3.83. The van der Waals surface area contributed by atoms with Crippen LogP contribution in [0, 0.1) is 24.1 Å². The lowest BCUT2D eigenvalue weighted by Crippen LogP contribution is -2.34. The highest BCUT2D eigenvalue weighted by molar-refractivity contribution is 6.06. The second-order valence-electron chi connectivity index (χ2n) is 5.80. The van der Waals surface area contributed by atoms with Crippen LogP contribution >= 0.6 is 0 Å². The Morgan fingerprint density at radius 2 is 2.00 bits per heavy atom. The van der Waals surface area contributed by atoms with Gasteiger partial charge in [0.1, 0.15) is 18.3 Å². The van der Waals surface area contributed by atoms with E-state index >= 15 is 0 Å². The van der Waals surface area contributed by atoms with Crippen molar-refractivity contribution in [1.29, 1.82) is 0 Å². The summed E-state index contributed by atoms with van der Waals surface area (Å²) >= 11 is 0. The van der Waals surface area contributed by atoms with Crippen LogP contribution in [0.4, 0.5) is 10.1 Å². The van der Waals surface area contributed by atoms with Gasteiger partial charge in [0.25, 0.3) is 5.91 Å². The van der Waals surface area contributed by atoms with E-state index in [9.17, 15) is 14.0 Å². The number of hydrogen-bond acceptors (Lipinski definition) is 5. The first-order chi connectivity index (χ1) is 14.0. The Bertz CT molecular complexity index is 953. The first-order valence-electron chi connectivity index (χ1n) is 8.59. The molecule has 0 heterocycles. The molecule has 29 heavy (non-hydrogen) atoms. The van der Waals surface area contributed by atoms with Gasteiger partial charge in [-0.05, 0) is 31.2 Å². The molecule has 2 aromatic rings. The molecule has 2 N–H and O–H groups in total. The number of methoxy groups -OCH3 is 1. The first-order valence-corrected chi connectivity index (χ1v) is 8.59. The lowest BCUT2D eigenvalue weighted by atomic mass is 10.1. The Balaban J connectivity index is 2.03. The second kappa shape index (κ2) is 10.5. The summed E-state index contributed by atoms with van der Waals surface area (Å²) in [5.41, 5.74) is 2.78. The Hall–Kier alpha value is -3.86. The molecule has 2 amide bonds. The molecule has 0 aliphatic heterocycles. The summed E-state index contributed by atoms with van der Waals surface area (Å²) < 4.78 is 24.3. The smallest absolute Gasteiger partial charge is 0.252 e. The predicted molar refractivity (Wildman–Crippen MR) is 107 cm³/mol. The van der Waals surface area contributed by atoms with Crippen LogP contribution in [0.25, 0.3) is 0 Å². The number of carbonyl (C=O) groups is 2. The van der Waals surface area contributed by atoms with E-state index in [0.717, 1.165) is 0 Å². The molecule has 0 aliphatic rings. The van der Waals surface area contributed by atoms with Crippen LogP contribution in [0.3, 0.4) is 0 Å². The molecule has 0 bridgehead atoms. The summed E-state index contributed by atoms with van der Waals surface area (Å²) in [7, 11) is 1.48. The molecule has 0 aliphatic carbocycles. The van der Waals surface area contributed by atoms with Crippen molar-refractivity contribution in [2.45, 2.75) is 6.92 Å². The number of nitrogens with zero attached hydrogens (tertiary/aromatic N) is 1. The maximum absolute atomic E-state index is 13.6. The minimum absolute atomic E-state index is 0.00710. The third kappa shape index (κ3) is 5.81. The van der Waals surface area contributed by atoms with Crippen LogP contribution in [0.2, 0.25) is 0 Å². The number of benzene rings is 2. The number of hydrogen-bond donors (Lipinski definition) is 2. The number of anilines is 1. The molecule has 150 valence electrons. The van der Waals surface area contributed by atoms with Crippen LogP contribution in [-0.2, 0) is 9.59 Å². The van der Waals surface area contributed by atoms with Crippen molar-refractivity contribution < 1.29 is 23.5 Å². The fraction of sp³-hybridized carbons (Fsp3) is 0.190. The van der Waals surface area contributed by atoms with E-state index < -0.39 is 23.5 Å². The highest BCUT2D eigenvalue weighted by Crippen LogP contribution is 2.29. The van der Waals surface area contributed by atoms with Crippen molar-refractivity contribution in [3.8, 4) is 23.8 Å². The molecule has 1 atom stereocenters. The fourth-order valence-electron chi connectivity index (χ4n) is 2.25. The lowest BCUT2D eigenvalue weighted by Gasteiger charge is -2.12. The summed E-state index contributed by atoms with van der Waals surface area (Å²) in [5.74, 6) is 0.157. The minimum Gasteiger partial charge on any atom is -0.493 e. The Morgan fingerprint density at radius 1 is 1.24 bits per heavy atom. The molecule has 1 unspecified atom stereocenters. The highest BCUT2D eigenvalue weighted by atomic mass is 19.1. The number of terminal acetylenes is 1. The molecular formula is C21H20FN3O4. The number of para-hydroxylation sites is 2. The topological polar surface area (TPSA) is 89.0 Å². The van der Waals surface area contributed by atoms with Gasteiger partial charge in [-0.2, -0.15) is 5.10 Å². The average molecular weight is 397 g/mol. The highest BCUT2D eigenvalue weighted by Gasteiger charge is 2.22. The SMILES string of the molecule is C#CCOc1c(C=NNC(=O)C(C)C(=O)Nc2ccccc2F)cccc1OC. The number of ether oxygens (including phenoxy) is 2. The monoisotopic (exact) mass is 397 g/mol. The van der Waals surface area contributed by atoms with Gasteiger partial charge >= 0.3 is 0 Å². The average Bonchev–Trinajstić information content (AvgIpc) is 2.73. The van der Waals surface area contributed by atoms with E-state index in [0.29, 0.717) is 17.1 Å². The summed E-state index contributed by atoms with van der Waals surface area (Å²) in [6.45, 7) is 1.41. The van der Waals surface area contributed by atoms with Gasteiger partial charge in [0.2, 0.25) is 5.91 Å². The Kier molecular flexibility index (Phi) is 7.74. The molecule has 0 spiro atoms. The molecule has 0 fully saturated rings. The molecule has 0 saturated heterocycles. The zero-order valence-corrected chi connectivity index (χ0v) is 15.9. The van der Waals surface area contributed by atoms with Crippen LogP contribution < -0.4 is 20.2 Å². The molecule has 7 nitrogen and oxygen atoms in total. The third-order valence-corrected chi connectivity index (χ3v) is 3.83. The Morgan fingerprint density at radius 3 is 2.69 bits per heavy atom. The van der Waals surface area contributed by atoms with Crippen molar-refractivity contribution in [3.63, 3.8) is 0 Å². The number of rotatable bonds is 8. The summed E-state index contributed by atoms with van der Waals surface area (Å²) in [4.78, 5) is 24.3. The zero-order valence-electron chi connectivity index (χ0n) is 15.9. The van der Waals surface area contributed by atoms with Gasteiger partial charge in [-0.3, -0.25) is 9.59 Å². The largest absolute Gasteiger partial charge is 0.493 e. The van der Waals surface area contributed by atoms with Gasteiger partial charge in [-0.1, -0.05) is 24.1 Å². The zero-order chi connectivity index (χ0) is 21.2. The molecule has 0 aromatic heterocycles. The normalized spacial score (nSPS) is 11.4. The summed E-state index contributed by atoms with van der Waals surface area (Å²) in [6, 6.07) is 10.8. The van der Waals surface area contributed by atoms with E-state index in [1.165, 1.54) is 38.4 Å². The first kappa shape index (κ1) is 21.4. The van der Waals surface area contributed by atoms with Gasteiger partial charge in [-0.25, -0.2) is 9.82 Å². The quantitative estimate of drug-likeness (QED) is 0.310. The molecule has 0 saturated carbocycles. The van der Waals surface area contributed by atoms with E-state index in [1.807, 2.05) is 0 Å². The molecular weight excluding hydrogens is 377 g/mol. The Labute approximate surface area is 167 Å². The lowest BCUT2D eigenvalue weighted by molar-refractivity contribution is -0.131.